The van der Waals surface area contributed by atoms with E-state index in [-0.39, 0.29) is 29.8 Å². The molecule has 0 bridgehead atoms. The van der Waals surface area contributed by atoms with E-state index in [0.717, 1.165) is 32.4 Å². The van der Waals surface area contributed by atoms with Crippen molar-refractivity contribution in [2.24, 2.45) is 5.92 Å². The van der Waals surface area contributed by atoms with Crippen LogP contribution in [0.1, 0.15) is 39.5 Å². The Labute approximate surface area is 115 Å². The number of hydrogen-bond donors (Lipinski definition) is 2. The summed E-state index contributed by atoms with van der Waals surface area (Å²) >= 11 is 0. The molecule has 0 radical (unpaired) electrons. The maximum atomic E-state index is 12.2. The lowest BCUT2D eigenvalue weighted by Crippen LogP contribution is -2.41. The van der Waals surface area contributed by atoms with Crippen molar-refractivity contribution < 1.29 is 9.59 Å². The van der Waals surface area contributed by atoms with Gasteiger partial charge in [0.15, 0.2) is 0 Å². The highest BCUT2D eigenvalue weighted by Crippen LogP contribution is 2.22. The molecule has 0 aliphatic carbocycles. The van der Waals surface area contributed by atoms with Crippen molar-refractivity contribution in [3.05, 3.63) is 0 Å². The lowest BCUT2D eigenvalue weighted by molar-refractivity contribution is -0.130. The normalized spacial score (nSPS) is 28.7. The van der Waals surface area contributed by atoms with Crippen LogP contribution < -0.4 is 10.6 Å². The van der Waals surface area contributed by atoms with Crippen LogP contribution in [0.5, 0.6) is 0 Å². The van der Waals surface area contributed by atoms with E-state index in [9.17, 15) is 9.59 Å². The summed E-state index contributed by atoms with van der Waals surface area (Å²) in [6.07, 6.45) is 3.44. The van der Waals surface area contributed by atoms with Crippen LogP contribution in [0.25, 0.3) is 0 Å². The van der Waals surface area contributed by atoms with Crippen LogP contribution in [-0.2, 0) is 9.59 Å². The van der Waals surface area contributed by atoms with Crippen molar-refractivity contribution in [3.8, 4) is 0 Å². The standard InChI is InChI=1S/C14H25N3O2/c1-3-4-10(2)17-9-11(7-13(17)18)14(19)16-12-5-6-15-8-12/h10-12,15H,3-9H2,1-2H3,(H,16,19). The minimum Gasteiger partial charge on any atom is -0.352 e. The molecule has 0 aromatic carbocycles. The molecule has 2 saturated heterocycles. The fourth-order valence-corrected chi connectivity index (χ4v) is 3.00. The average Bonchev–Trinajstić information content (AvgIpc) is 2.98. The van der Waals surface area contributed by atoms with Crippen molar-refractivity contribution in [3.63, 3.8) is 0 Å². The fourth-order valence-electron chi connectivity index (χ4n) is 3.00. The molecule has 5 nitrogen and oxygen atoms in total. The van der Waals surface area contributed by atoms with E-state index in [2.05, 4.69) is 24.5 Å². The molecule has 19 heavy (non-hydrogen) atoms. The number of likely N-dealkylation sites (tertiary alicyclic amines) is 1. The van der Waals surface area contributed by atoms with Crippen molar-refractivity contribution in [1.29, 1.82) is 0 Å². The first-order valence-electron chi connectivity index (χ1n) is 7.42. The highest BCUT2D eigenvalue weighted by molar-refractivity contribution is 5.89. The van der Waals surface area contributed by atoms with Crippen LogP contribution in [0.15, 0.2) is 0 Å². The van der Waals surface area contributed by atoms with E-state index in [0.29, 0.717) is 13.0 Å². The second-order valence-corrected chi connectivity index (χ2v) is 5.78. The molecule has 2 rings (SSSR count). The van der Waals surface area contributed by atoms with E-state index in [1.165, 1.54) is 0 Å². The van der Waals surface area contributed by atoms with Gasteiger partial charge in [0.25, 0.3) is 0 Å². The Morgan fingerprint density at radius 1 is 1.58 bits per heavy atom. The summed E-state index contributed by atoms with van der Waals surface area (Å²) in [6.45, 7) is 6.60. The molecule has 2 aliphatic heterocycles. The zero-order chi connectivity index (χ0) is 13.8. The fraction of sp³-hybridized carbons (Fsp3) is 0.857. The Morgan fingerprint density at radius 2 is 2.37 bits per heavy atom. The van der Waals surface area contributed by atoms with E-state index < -0.39 is 0 Å². The number of carbonyl (C=O) groups is 2. The van der Waals surface area contributed by atoms with Gasteiger partial charge in [-0.25, -0.2) is 0 Å². The SMILES string of the molecule is CCCC(C)N1CC(C(=O)NC2CCNC2)CC1=O. The number of carbonyl (C=O) groups excluding carboxylic acids is 2. The minimum atomic E-state index is -0.160. The van der Waals surface area contributed by atoms with Gasteiger partial charge in [0, 0.05) is 31.6 Å². The van der Waals surface area contributed by atoms with Crippen LogP contribution in [0.4, 0.5) is 0 Å². The number of rotatable bonds is 5. The van der Waals surface area contributed by atoms with E-state index >= 15 is 0 Å². The van der Waals surface area contributed by atoms with Crippen molar-refractivity contribution in [2.75, 3.05) is 19.6 Å². The molecule has 0 aromatic heterocycles. The van der Waals surface area contributed by atoms with Crippen LogP contribution in [0.3, 0.4) is 0 Å². The first-order chi connectivity index (χ1) is 9.11. The van der Waals surface area contributed by atoms with Gasteiger partial charge < -0.3 is 15.5 Å². The van der Waals surface area contributed by atoms with Crippen LogP contribution in [0, 0.1) is 5.92 Å². The average molecular weight is 267 g/mol. The molecule has 2 fully saturated rings. The highest BCUT2D eigenvalue weighted by atomic mass is 16.2. The van der Waals surface area contributed by atoms with Gasteiger partial charge in [0.1, 0.15) is 0 Å². The van der Waals surface area contributed by atoms with Crippen LogP contribution >= 0.6 is 0 Å². The number of amides is 2. The van der Waals surface area contributed by atoms with Gasteiger partial charge in [-0.3, -0.25) is 9.59 Å². The van der Waals surface area contributed by atoms with Gasteiger partial charge in [0.05, 0.1) is 5.92 Å². The molecule has 0 spiro atoms. The third-order valence-corrected chi connectivity index (χ3v) is 4.17. The molecule has 3 unspecified atom stereocenters. The molecular weight excluding hydrogens is 242 g/mol. The van der Waals surface area contributed by atoms with Crippen molar-refractivity contribution in [1.82, 2.24) is 15.5 Å². The smallest absolute Gasteiger partial charge is 0.225 e. The molecule has 2 heterocycles. The zero-order valence-corrected chi connectivity index (χ0v) is 11.9. The summed E-state index contributed by atoms with van der Waals surface area (Å²) in [5, 5.41) is 6.28. The Morgan fingerprint density at radius 3 is 3.00 bits per heavy atom. The molecule has 2 aliphatic rings. The van der Waals surface area contributed by atoms with E-state index in [1.807, 2.05) is 4.90 Å². The van der Waals surface area contributed by atoms with Gasteiger partial charge in [-0.15, -0.1) is 0 Å². The summed E-state index contributed by atoms with van der Waals surface area (Å²) in [5.41, 5.74) is 0. The first-order valence-corrected chi connectivity index (χ1v) is 7.42. The highest BCUT2D eigenvalue weighted by Gasteiger charge is 2.36. The molecule has 3 atom stereocenters. The summed E-state index contributed by atoms with van der Waals surface area (Å²) in [4.78, 5) is 26.0. The molecule has 5 heteroatoms. The number of nitrogens with zero attached hydrogens (tertiary/aromatic N) is 1. The van der Waals surface area contributed by atoms with Crippen LogP contribution in [0.2, 0.25) is 0 Å². The van der Waals surface area contributed by atoms with E-state index in [4.69, 9.17) is 0 Å². The lowest BCUT2D eigenvalue weighted by Gasteiger charge is -2.24. The Hall–Kier alpha value is -1.10. The van der Waals surface area contributed by atoms with Crippen molar-refractivity contribution >= 4 is 11.8 Å². The molecule has 0 aromatic rings. The van der Waals surface area contributed by atoms with Gasteiger partial charge >= 0.3 is 0 Å². The topological polar surface area (TPSA) is 61.4 Å². The quantitative estimate of drug-likeness (QED) is 0.762. The monoisotopic (exact) mass is 267 g/mol. The second kappa shape index (κ2) is 6.37. The maximum Gasteiger partial charge on any atom is 0.225 e. The zero-order valence-electron chi connectivity index (χ0n) is 11.9. The molecule has 2 amide bonds. The summed E-state index contributed by atoms with van der Waals surface area (Å²) < 4.78 is 0. The Balaban J connectivity index is 1.85. The number of nitrogens with one attached hydrogen (secondary N) is 2. The second-order valence-electron chi connectivity index (χ2n) is 5.78. The van der Waals surface area contributed by atoms with E-state index in [1.54, 1.807) is 0 Å². The van der Waals surface area contributed by atoms with Gasteiger partial charge in [-0.05, 0) is 26.3 Å². The minimum absolute atomic E-state index is 0.0493. The molecule has 2 N–H and O–H groups in total. The van der Waals surface area contributed by atoms with Gasteiger partial charge in [-0.1, -0.05) is 13.3 Å². The van der Waals surface area contributed by atoms with Gasteiger partial charge in [-0.2, -0.15) is 0 Å². The summed E-state index contributed by atoms with van der Waals surface area (Å²) in [5.74, 6) is 0.0197. The summed E-state index contributed by atoms with van der Waals surface area (Å²) in [6, 6.07) is 0.494. The Bertz CT molecular complexity index is 340. The number of hydrogen-bond acceptors (Lipinski definition) is 3. The molecular formula is C14H25N3O2. The Kier molecular flexibility index (Phi) is 4.80. The van der Waals surface area contributed by atoms with Crippen LogP contribution in [-0.4, -0.2) is 48.4 Å². The van der Waals surface area contributed by atoms with Crippen molar-refractivity contribution in [2.45, 2.75) is 51.6 Å². The summed E-state index contributed by atoms with van der Waals surface area (Å²) in [7, 11) is 0. The predicted molar refractivity (Wildman–Crippen MR) is 73.6 cm³/mol. The van der Waals surface area contributed by atoms with Gasteiger partial charge in [0.2, 0.25) is 11.8 Å². The molecule has 0 saturated carbocycles. The largest absolute Gasteiger partial charge is 0.352 e. The maximum absolute atomic E-state index is 12.2. The predicted octanol–water partition coefficient (Wildman–Crippen LogP) is 0.502. The molecule has 108 valence electrons. The third-order valence-electron chi connectivity index (χ3n) is 4.17. The third kappa shape index (κ3) is 3.47. The lowest BCUT2D eigenvalue weighted by atomic mass is 10.1. The first kappa shape index (κ1) is 14.3.